The second kappa shape index (κ2) is 8.63. The maximum atomic E-state index is 2.33. The van der Waals surface area contributed by atoms with Crippen LogP contribution in [0.3, 0.4) is 0 Å². The Bertz CT molecular complexity index is 873. The average molecular weight is 405 g/mol. The summed E-state index contributed by atoms with van der Waals surface area (Å²) >= 11 is 0. The molecular weight excluding hydrogens is 384 g/mol. The molecule has 0 aliphatic heterocycles. The zero-order chi connectivity index (χ0) is 16.9. The van der Waals surface area contributed by atoms with E-state index in [4.69, 9.17) is 0 Å². The molecule has 4 rings (SSSR count). The first-order valence-electron chi connectivity index (χ1n) is 8.62. The molecule has 0 aliphatic rings. The highest BCUT2D eigenvalue weighted by Gasteiger charge is 2.19. The molecule has 1 aromatic heterocycles. The number of benzene rings is 3. The summed E-state index contributed by atoms with van der Waals surface area (Å²) in [6.45, 7) is 1.74. The molecule has 0 N–H and O–H groups in total. The van der Waals surface area contributed by atoms with Gasteiger partial charge < -0.3 is 17.0 Å². The summed E-state index contributed by atoms with van der Waals surface area (Å²) in [5.41, 5.74) is 3.85. The fraction of sp³-hybridized carbons (Fsp3) is 0.0870. The Balaban J connectivity index is 0.00000196. The predicted octanol–water partition coefficient (Wildman–Crippen LogP) is 1.54. The van der Waals surface area contributed by atoms with E-state index in [0.29, 0.717) is 0 Å². The number of hydrogen-bond donors (Lipinski definition) is 0. The third-order valence-electron chi connectivity index (χ3n) is 4.39. The topological polar surface area (TPSA) is 8.81 Å². The zero-order valence-electron chi connectivity index (χ0n) is 14.5. The Morgan fingerprint density at radius 1 is 0.654 bits per heavy atom. The fourth-order valence-electron chi connectivity index (χ4n) is 3.20. The van der Waals surface area contributed by atoms with E-state index in [-0.39, 0.29) is 17.0 Å². The van der Waals surface area contributed by atoms with Crippen LogP contribution in [0.1, 0.15) is 11.1 Å². The van der Waals surface area contributed by atoms with Gasteiger partial charge >= 0.3 is 0 Å². The Labute approximate surface area is 165 Å². The minimum Gasteiger partial charge on any atom is -1.00 e. The first-order chi connectivity index (χ1) is 12.4. The van der Waals surface area contributed by atoms with Gasteiger partial charge in [-0.05, 0) is 23.3 Å². The van der Waals surface area contributed by atoms with E-state index in [2.05, 4.69) is 113 Å². The first-order valence-corrected chi connectivity index (χ1v) is 8.62. The van der Waals surface area contributed by atoms with Crippen molar-refractivity contribution in [1.29, 1.82) is 0 Å². The van der Waals surface area contributed by atoms with Crippen molar-refractivity contribution in [2.24, 2.45) is 0 Å². The molecule has 0 saturated carbocycles. The minimum atomic E-state index is 0. The van der Waals surface area contributed by atoms with Gasteiger partial charge in [0.1, 0.15) is 25.5 Å². The maximum absolute atomic E-state index is 2.33. The SMILES string of the molecule is [Br-].c1ccc(Cn2cc[n+](Cc3ccccc3)c2-c2ccccc2)cc1. The molecule has 0 unspecified atom stereocenters. The van der Waals surface area contributed by atoms with Crippen molar-refractivity contribution in [3.8, 4) is 11.4 Å². The average Bonchev–Trinajstić information content (AvgIpc) is 3.06. The summed E-state index contributed by atoms with van der Waals surface area (Å²) in [6.07, 6.45) is 4.36. The van der Waals surface area contributed by atoms with Crippen LogP contribution in [0.15, 0.2) is 103 Å². The van der Waals surface area contributed by atoms with E-state index in [1.165, 1.54) is 22.5 Å². The van der Waals surface area contributed by atoms with Crippen molar-refractivity contribution < 1.29 is 21.5 Å². The molecule has 0 aliphatic carbocycles. The van der Waals surface area contributed by atoms with Crippen LogP contribution in [-0.4, -0.2) is 4.57 Å². The van der Waals surface area contributed by atoms with Gasteiger partial charge in [-0.15, -0.1) is 0 Å². The smallest absolute Gasteiger partial charge is 0.289 e. The van der Waals surface area contributed by atoms with Crippen molar-refractivity contribution >= 4 is 0 Å². The molecular formula is C23H21BrN2. The van der Waals surface area contributed by atoms with Crippen LogP contribution >= 0.6 is 0 Å². The van der Waals surface area contributed by atoms with Crippen LogP contribution in [0.5, 0.6) is 0 Å². The van der Waals surface area contributed by atoms with Gasteiger partial charge in [0.25, 0.3) is 5.82 Å². The lowest BCUT2D eigenvalue weighted by Gasteiger charge is -2.06. The van der Waals surface area contributed by atoms with Crippen molar-refractivity contribution in [2.45, 2.75) is 13.1 Å². The molecule has 0 fully saturated rings. The van der Waals surface area contributed by atoms with Crippen LogP contribution < -0.4 is 21.5 Å². The molecule has 3 heteroatoms. The number of halogens is 1. The lowest BCUT2D eigenvalue weighted by atomic mass is 10.1. The molecule has 1 heterocycles. The van der Waals surface area contributed by atoms with E-state index in [1.807, 2.05) is 0 Å². The molecule has 0 amide bonds. The van der Waals surface area contributed by atoms with E-state index in [1.54, 1.807) is 0 Å². The lowest BCUT2D eigenvalue weighted by Crippen LogP contribution is -3.00. The van der Waals surface area contributed by atoms with Crippen LogP contribution in [0, 0.1) is 0 Å². The maximum Gasteiger partial charge on any atom is 0.289 e. The Kier molecular flexibility index (Phi) is 6.03. The van der Waals surface area contributed by atoms with E-state index >= 15 is 0 Å². The summed E-state index contributed by atoms with van der Waals surface area (Å²) in [5.74, 6) is 1.23. The van der Waals surface area contributed by atoms with Crippen molar-refractivity contribution in [3.63, 3.8) is 0 Å². The van der Waals surface area contributed by atoms with Gasteiger partial charge in [-0.1, -0.05) is 78.9 Å². The van der Waals surface area contributed by atoms with Gasteiger partial charge in [-0.25, -0.2) is 9.13 Å². The molecule has 3 aromatic carbocycles. The number of imidazole rings is 1. The summed E-state index contributed by atoms with van der Waals surface area (Å²) < 4.78 is 4.65. The van der Waals surface area contributed by atoms with Gasteiger partial charge in [-0.3, -0.25) is 0 Å². The van der Waals surface area contributed by atoms with Crippen LogP contribution in [-0.2, 0) is 13.1 Å². The van der Waals surface area contributed by atoms with Gasteiger partial charge in [0.05, 0.1) is 5.56 Å². The number of hydrogen-bond acceptors (Lipinski definition) is 0. The summed E-state index contributed by atoms with van der Waals surface area (Å²) in [6, 6.07) is 31.8. The van der Waals surface area contributed by atoms with Crippen LogP contribution in [0.2, 0.25) is 0 Å². The highest BCUT2D eigenvalue weighted by molar-refractivity contribution is 5.52. The van der Waals surface area contributed by atoms with Gasteiger partial charge in [-0.2, -0.15) is 0 Å². The molecule has 0 spiro atoms. The lowest BCUT2D eigenvalue weighted by molar-refractivity contribution is -0.676. The largest absolute Gasteiger partial charge is 1.00 e. The third-order valence-corrected chi connectivity index (χ3v) is 4.39. The number of rotatable bonds is 5. The Morgan fingerprint density at radius 3 is 1.81 bits per heavy atom. The van der Waals surface area contributed by atoms with Crippen LogP contribution in [0.4, 0.5) is 0 Å². The van der Waals surface area contributed by atoms with Crippen molar-refractivity contribution in [2.75, 3.05) is 0 Å². The second-order valence-corrected chi connectivity index (χ2v) is 6.21. The molecule has 0 radical (unpaired) electrons. The molecule has 0 bridgehead atoms. The van der Waals surface area contributed by atoms with E-state index in [0.717, 1.165) is 13.1 Å². The third kappa shape index (κ3) is 4.12. The molecule has 0 atom stereocenters. The summed E-state index contributed by atoms with van der Waals surface area (Å²) in [7, 11) is 0. The van der Waals surface area contributed by atoms with Gasteiger partial charge in [0.15, 0.2) is 0 Å². The monoisotopic (exact) mass is 404 g/mol. The van der Waals surface area contributed by atoms with E-state index < -0.39 is 0 Å². The van der Waals surface area contributed by atoms with E-state index in [9.17, 15) is 0 Å². The molecule has 4 aromatic rings. The fourth-order valence-corrected chi connectivity index (χ4v) is 3.20. The van der Waals surface area contributed by atoms with Gasteiger partial charge in [0, 0.05) is 0 Å². The second-order valence-electron chi connectivity index (χ2n) is 6.21. The molecule has 130 valence electrons. The Morgan fingerprint density at radius 2 is 1.19 bits per heavy atom. The summed E-state index contributed by atoms with van der Waals surface area (Å²) in [5, 5.41) is 0. The highest BCUT2D eigenvalue weighted by Crippen LogP contribution is 2.18. The molecule has 0 saturated heterocycles. The minimum absolute atomic E-state index is 0. The normalized spacial score (nSPS) is 10.3. The quantitative estimate of drug-likeness (QED) is 0.446. The molecule has 26 heavy (non-hydrogen) atoms. The predicted molar refractivity (Wildman–Crippen MR) is 101 cm³/mol. The van der Waals surface area contributed by atoms with Crippen LogP contribution in [0.25, 0.3) is 11.4 Å². The first kappa shape index (κ1) is 18.2. The Hall–Kier alpha value is -2.65. The van der Waals surface area contributed by atoms with Gasteiger partial charge in [0.2, 0.25) is 0 Å². The van der Waals surface area contributed by atoms with Crippen molar-refractivity contribution in [3.05, 3.63) is 115 Å². The molecule has 2 nitrogen and oxygen atoms in total. The highest BCUT2D eigenvalue weighted by atomic mass is 79.9. The number of nitrogens with zero attached hydrogens (tertiary/aromatic N) is 2. The summed E-state index contributed by atoms with van der Waals surface area (Å²) in [4.78, 5) is 0. The zero-order valence-corrected chi connectivity index (χ0v) is 16.1. The van der Waals surface area contributed by atoms with Crippen molar-refractivity contribution in [1.82, 2.24) is 4.57 Å². The standard InChI is InChI=1S/C23H21N2.BrH/c1-4-10-20(11-5-1)18-24-16-17-25(19-21-12-6-2-7-13-21)23(24)22-14-8-3-9-15-22;/h1-17H,18-19H2;1H/q+1;/p-1. The number of aromatic nitrogens is 2.